The molecule has 19 heavy (non-hydrogen) atoms. The molecule has 0 aliphatic rings. The van der Waals surface area contributed by atoms with E-state index in [0.717, 1.165) is 5.69 Å². The number of hydrogen-bond acceptors (Lipinski definition) is 3. The Bertz CT molecular complexity index is 657. The van der Waals surface area contributed by atoms with Gasteiger partial charge in [-0.15, -0.1) is 0 Å². The molecule has 0 aliphatic heterocycles. The topological polar surface area (TPSA) is 74.0 Å². The van der Waals surface area contributed by atoms with E-state index < -0.39 is 0 Å². The second kappa shape index (κ2) is 6.13. The Hall–Kier alpha value is -2.17. The van der Waals surface area contributed by atoms with Crippen molar-refractivity contribution < 1.29 is 0 Å². The van der Waals surface area contributed by atoms with Crippen molar-refractivity contribution in [3.63, 3.8) is 0 Å². The number of rotatable bonds is 3. The van der Waals surface area contributed by atoms with Gasteiger partial charge in [0.1, 0.15) is 0 Å². The molecule has 1 aromatic heterocycles. The summed E-state index contributed by atoms with van der Waals surface area (Å²) in [7, 11) is 0. The lowest BCUT2D eigenvalue weighted by Gasteiger charge is -2.01. The van der Waals surface area contributed by atoms with Gasteiger partial charge >= 0.3 is 0 Å². The second-order valence-electron chi connectivity index (χ2n) is 3.84. The second-order valence-corrected chi connectivity index (χ2v) is 4.70. The van der Waals surface area contributed by atoms with Gasteiger partial charge in [0.15, 0.2) is 0 Å². The monoisotopic (exact) mass is 315 g/mol. The van der Waals surface area contributed by atoms with Gasteiger partial charge in [0.25, 0.3) is 0 Å². The number of benzene rings is 1. The first kappa shape index (κ1) is 13.3. The van der Waals surface area contributed by atoms with E-state index in [2.05, 4.69) is 35.9 Å². The third-order valence-electron chi connectivity index (χ3n) is 2.43. The molecule has 2 rings (SSSR count). The highest BCUT2D eigenvalue weighted by molar-refractivity contribution is 9.10. The molecule has 94 valence electrons. The zero-order valence-electron chi connectivity index (χ0n) is 10.2. The van der Waals surface area contributed by atoms with Crippen LogP contribution >= 0.6 is 15.9 Å². The number of hydrogen-bond donors (Lipinski definition) is 0. The van der Waals surface area contributed by atoms with Crippen molar-refractivity contribution >= 4 is 33.5 Å². The third kappa shape index (κ3) is 3.40. The number of aromatic nitrogens is 1. The zero-order chi connectivity index (χ0) is 13.7. The quantitative estimate of drug-likeness (QED) is 0.345. The van der Waals surface area contributed by atoms with Crippen molar-refractivity contribution in [2.24, 2.45) is 10.1 Å². The molecule has 0 saturated carbocycles. The molecule has 0 unspecified atom stereocenters. The van der Waals surface area contributed by atoms with Crippen LogP contribution < -0.4 is 0 Å². The van der Waals surface area contributed by atoms with Crippen molar-refractivity contribution in [3.8, 4) is 0 Å². The van der Waals surface area contributed by atoms with Gasteiger partial charge in [-0.2, -0.15) is 0 Å². The molecule has 1 heterocycles. The van der Waals surface area contributed by atoms with E-state index in [0.29, 0.717) is 15.7 Å². The lowest BCUT2D eigenvalue weighted by Crippen LogP contribution is -1.85. The molecule has 0 atom stereocenters. The molecule has 2 aromatic rings. The summed E-state index contributed by atoms with van der Waals surface area (Å²) < 4.78 is 0.637. The number of azide groups is 1. The van der Waals surface area contributed by atoms with E-state index in [4.69, 9.17) is 5.53 Å². The van der Waals surface area contributed by atoms with Gasteiger partial charge in [0, 0.05) is 33.6 Å². The van der Waals surface area contributed by atoms with Gasteiger partial charge in [-0.05, 0) is 40.5 Å². The first-order chi connectivity index (χ1) is 9.20. The molecule has 5 nitrogen and oxygen atoms in total. The summed E-state index contributed by atoms with van der Waals surface area (Å²) in [6.45, 7) is 2.02. The third-order valence-corrected chi connectivity index (χ3v) is 3.01. The standard InChI is InChI=1S/C13H10BrN5/c1-9-2-4-11(5-3-9)17-7-10-6-16-8-12(14)13(10)18-19-15/h2-8H,1H3/b17-7+. The van der Waals surface area contributed by atoms with Crippen molar-refractivity contribution in [3.05, 3.63) is 62.7 Å². The summed E-state index contributed by atoms with van der Waals surface area (Å²) in [6, 6.07) is 7.81. The van der Waals surface area contributed by atoms with E-state index in [1.165, 1.54) is 5.56 Å². The Labute approximate surface area is 118 Å². The fraction of sp³-hybridized carbons (Fsp3) is 0.0769. The van der Waals surface area contributed by atoms with Gasteiger partial charge < -0.3 is 0 Å². The summed E-state index contributed by atoms with van der Waals surface area (Å²) in [6.07, 6.45) is 4.81. The Morgan fingerprint density at radius 2 is 2.00 bits per heavy atom. The minimum atomic E-state index is 0.480. The molecular weight excluding hydrogens is 306 g/mol. The van der Waals surface area contributed by atoms with E-state index in [-0.39, 0.29) is 0 Å². The fourth-order valence-electron chi connectivity index (χ4n) is 1.46. The summed E-state index contributed by atoms with van der Waals surface area (Å²) in [4.78, 5) is 11.2. The zero-order valence-corrected chi connectivity index (χ0v) is 11.7. The fourth-order valence-corrected chi connectivity index (χ4v) is 1.89. The Morgan fingerprint density at radius 3 is 2.68 bits per heavy atom. The van der Waals surface area contributed by atoms with Crippen LogP contribution in [0.15, 0.2) is 51.2 Å². The van der Waals surface area contributed by atoms with Crippen LogP contribution in [0.25, 0.3) is 10.4 Å². The van der Waals surface area contributed by atoms with Crippen molar-refractivity contribution in [1.82, 2.24) is 4.98 Å². The maximum absolute atomic E-state index is 8.56. The maximum atomic E-state index is 8.56. The van der Waals surface area contributed by atoms with Crippen LogP contribution in [-0.2, 0) is 0 Å². The van der Waals surface area contributed by atoms with Crippen LogP contribution in [0.5, 0.6) is 0 Å². The number of nitrogens with zero attached hydrogens (tertiary/aromatic N) is 5. The van der Waals surface area contributed by atoms with Crippen LogP contribution in [0.4, 0.5) is 11.4 Å². The Kier molecular flexibility index (Phi) is 4.28. The lowest BCUT2D eigenvalue weighted by atomic mass is 10.2. The number of aliphatic imine (C=N–C) groups is 1. The first-order valence-electron chi connectivity index (χ1n) is 5.50. The van der Waals surface area contributed by atoms with Crippen LogP contribution in [-0.4, -0.2) is 11.2 Å². The van der Waals surface area contributed by atoms with Crippen LogP contribution in [0, 0.1) is 6.92 Å². The number of pyridine rings is 1. The average molecular weight is 316 g/mol. The molecular formula is C13H10BrN5. The summed E-state index contributed by atoms with van der Waals surface area (Å²) in [5.74, 6) is 0. The van der Waals surface area contributed by atoms with Gasteiger partial charge in [0.05, 0.1) is 11.4 Å². The molecule has 6 heteroatoms. The highest BCUT2D eigenvalue weighted by Gasteiger charge is 2.03. The predicted octanol–water partition coefficient (Wildman–Crippen LogP) is 4.84. The van der Waals surface area contributed by atoms with Crippen molar-refractivity contribution in [2.45, 2.75) is 6.92 Å². The largest absolute Gasteiger partial charge is 0.263 e. The number of aryl methyl sites for hydroxylation is 1. The summed E-state index contributed by atoms with van der Waals surface area (Å²) in [5.41, 5.74) is 11.7. The summed E-state index contributed by atoms with van der Waals surface area (Å²) >= 11 is 3.29. The molecule has 1 aromatic carbocycles. The van der Waals surface area contributed by atoms with Crippen LogP contribution in [0.3, 0.4) is 0 Å². The Balaban J connectivity index is 2.35. The average Bonchev–Trinajstić information content (AvgIpc) is 2.41. The van der Waals surface area contributed by atoms with Gasteiger partial charge in [-0.3, -0.25) is 9.98 Å². The molecule has 0 fully saturated rings. The van der Waals surface area contributed by atoms with Crippen molar-refractivity contribution in [1.29, 1.82) is 0 Å². The molecule has 0 radical (unpaired) electrons. The normalized spacial score (nSPS) is 10.4. The number of halogens is 1. The Morgan fingerprint density at radius 1 is 1.26 bits per heavy atom. The van der Waals surface area contributed by atoms with E-state index in [1.54, 1.807) is 18.6 Å². The van der Waals surface area contributed by atoms with Crippen molar-refractivity contribution in [2.75, 3.05) is 0 Å². The SMILES string of the molecule is Cc1ccc(/N=C/c2cncc(Br)c2N=[N+]=[N-])cc1. The maximum Gasteiger partial charge on any atom is 0.0636 e. The minimum absolute atomic E-state index is 0.480. The highest BCUT2D eigenvalue weighted by Crippen LogP contribution is 2.27. The van der Waals surface area contributed by atoms with Gasteiger partial charge in [-0.1, -0.05) is 22.8 Å². The minimum Gasteiger partial charge on any atom is -0.263 e. The first-order valence-corrected chi connectivity index (χ1v) is 6.29. The van der Waals surface area contributed by atoms with Gasteiger partial charge in [0.2, 0.25) is 0 Å². The highest BCUT2D eigenvalue weighted by atomic mass is 79.9. The van der Waals surface area contributed by atoms with E-state index >= 15 is 0 Å². The molecule has 0 amide bonds. The predicted molar refractivity (Wildman–Crippen MR) is 79.2 cm³/mol. The lowest BCUT2D eigenvalue weighted by molar-refractivity contribution is 1.27. The van der Waals surface area contributed by atoms with Crippen LogP contribution in [0.2, 0.25) is 0 Å². The van der Waals surface area contributed by atoms with Crippen LogP contribution in [0.1, 0.15) is 11.1 Å². The summed E-state index contributed by atoms with van der Waals surface area (Å²) in [5, 5.41) is 3.63. The smallest absolute Gasteiger partial charge is 0.0636 e. The molecule has 0 saturated heterocycles. The van der Waals surface area contributed by atoms with Gasteiger partial charge in [-0.25, -0.2) is 0 Å². The molecule has 0 aliphatic carbocycles. The molecule has 0 bridgehead atoms. The van der Waals surface area contributed by atoms with E-state index in [1.807, 2.05) is 31.2 Å². The van der Waals surface area contributed by atoms with E-state index in [9.17, 15) is 0 Å². The molecule has 0 N–H and O–H groups in total. The molecule has 0 spiro atoms.